The van der Waals surface area contributed by atoms with Crippen molar-refractivity contribution in [3.05, 3.63) is 0 Å². The number of nitrogens with two attached hydrogens (primary N) is 1. The van der Waals surface area contributed by atoms with Crippen molar-refractivity contribution in [3.63, 3.8) is 0 Å². The van der Waals surface area contributed by atoms with Crippen molar-refractivity contribution in [2.45, 2.75) is 32.4 Å². The maximum absolute atomic E-state index is 11.6. The van der Waals surface area contributed by atoms with Crippen LogP contribution < -0.4 is 11.1 Å². The van der Waals surface area contributed by atoms with E-state index in [1.807, 2.05) is 11.8 Å². The van der Waals surface area contributed by atoms with Crippen molar-refractivity contribution in [1.29, 1.82) is 0 Å². The molecule has 1 aliphatic heterocycles. The van der Waals surface area contributed by atoms with Crippen molar-refractivity contribution in [2.75, 3.05) is 19.6 Å². The summed E-state index contributed by atoms with van der Waals surface area (Å²) in [5.74, 6) is 0.184. The molecule has 1 rings (SSSR count). The summed E-state index contributed by atoms with van der Waals surface area (Å²) < 4.78 is 0. The van der Waals surface area contributed by atoms with E-state index in [1.54, 1.807) is 0 Å². The Morgan fingerprint density at radius 1 is 1.77 bits per heavy atom. The molecule has 0 spiro atoms. The number of amides is 1. The third kappa shape index (κ3) is 3.32. The van der Waals surface area contributed by atoms with Crippen molar-refractivity contribution >= 4 is 5.91 Å². The molecule has 0 aromatic rings. The Morgan fingerprint density at radius 3 is 3.00 bits per heavy atom. The molecular weight excluding hydrogens is 166 g/mol. The smallest absolute Gasteiger partial charge is 0.224 e. The van der Waals surface area contributed by atoms with Crippen molar-refractivity contribution in [2.24, 2.45) is 5.73 Å². The predicted molar refractivity (Wildman–Crippen MR) is 52.3 cm³/mol. The number of carbonyl (C=O) groups excluding carboxylic acids is 1. The van der Waals surface area contributed by atoms with Gasteiger partial charge >= 0.3 is 0 Å². The van der Waals surface area contributed by atoms with Gasteiger partial charge in [0.2, 0.25) is 5.91 Å². The third-order valence-electron chi connectivity index (χ3n) is 2.22. The zero-order valence-corrected chi connectivity index (χ0v) is 8.42. The van der Waals surface area contributed by atoms with Crippen LogP contribution in [0.4, 0.5) is 0 Å². The lowest BCUT2D eigenvalue weighted by molar-refractivity contribution is -0.132. The van der Waals surface area contributed by atoms with Crippen molar-refractivity contribution in [1.82, 2.24) is 10.2 Å². The van der Waals surface area contributed by atoms with Gasteiger partial charge in [-0.15, -0.1) is 0 Å². The van der Waals surface area contributed by atoms with Crippen LogP contribution in [0.2, 0.25) is 0 Å². The molecule has 4 heteroatoms. The second-order valence-electron chi connectivity index (χ2n) is 3.88. The summed E-state index contributed by atoms with van der Waals surface area (Å²) in [7, 11) is 0. The first-order valence-electron chi connectivity index (χ1n) is 4.86. The van der Waals surface area contributed by atoms with Gasteiger partial charge in [0.25, 0.3) is 0 Å². The van der Waals surface area contributed by atoms with E-state index in [4.69, 9.17) is 5.73 Å². The second kappa shape index (κ2) is 4.58. The van der Waals surface area contributed by atoms with Crippen LogP contribution in [-0.4, -0.2) is 42.5 Å². The van der Waals surface area contributed by atoms with E-state index in [0.717, 1.165) is 19.6 Å². The monoisotopic (exact) mass is 185 g/mol. The molecule has 1 saturated heterocycles. The highest BCUT2D eigenvalue weighted by molar-refractivity contribution is 5.76. The highest BCUT2D eigenvalue weighted by Crippen LogP contribution is 2.02. The molecule has 0 radical (unpaired) electrons. The van der Waals surface area contributed by atoms with Gasteiger partial charge in [0.1, 0.15) is 0 Å². The zero-order valence-electron chi connectivity index (χ0n) is 8.42. The highest BCUT2D eigenvalue weighted by atomic mass is 16.2. The molecule has 76 valence electrons. The number of rotatable bonds is 2. The summed E-state index contributed by atoms with van der Waals surface area (Å²) in [6.45, 7) is 6.47. The predicted octanol–water partition coefficient (Wildman–Crippen LogP) is -0.456. The Kier molecular flexibility index (Phi) is 3.69. The lowest BCUT2D eigenvalue weighted by Gasteiger charge is -2.32. The molecule has 0 aliphatic carbocycles. The normalized spacial score (nSPS) is 25.8. The highest BCUT2D eigenvalue weighted by Gasteiger charge is 2.20. The standard InChI is InChI=1S/C9H19N3O/c1-7(10)5-9(13)12-4-3-11-8(2)6-12/h7-8,11H,3-6,10H2,1-2H3/t7?,8-/m1/s1. The fourth-order valence-corrected chi connectivity index (χ4v) is 1.56. The first-order valence-corrected chi connectivity index (χ1v) is 4.86. The fraction of sp³-hybridized carbons (Fsp3) is 0.889. The van der Waals surface area contributed by atoms with Crippen LogP contribution in [0.5, 0.6) is 0 Å². The lowest BCUT2D eigenvalue weighted by atomic mass is 10.2. The summed E-state index contributed by atoms with van der Waals surface area (Å²) in [5, 5.41) is 3.29. The summed E-state index contributed by atoms with van der Waals surface area (Å²) in [4.78, 5) is 13.5. The maximum Gasteiger partial charge on any atom is 0.224 e. The zero-order chi connectivity index (χ0) is 9.84. The number of nitrogens with one attached hydrogen (secondary N) is 1. The van der Waals surface area contributed by atoms with Crippen molar-refractivity contribution < 1.29 is 4.79 Å². The number of carbonyl (C=O) groups is 1. The van der Waals surface area contributed by atoms with Crippen LogP contribution in [0, 0.1) is 0 Å². The van der Waals surface area contributed by atoms with Gasteiger partial charge in [-0.1, -0.05) is 0 Å². The Labute approximate surface area is 79.5 Å². The quantitative estimate of drug-likeness (QED) is 0.612. The minimum atomic E-state index is -0.0299. The van der Waals surface area contributed by atoms with Crippen molar-refractivity contribution in [3.8, 4) is 0 Å². The number of piperazine rings is 1. The van der Waals surface area contributed by atoms with E-state index in [-0.39, 0.29) is 11.9 Å². The van der Waals surface area contributed by atoms with Crippen LogP contribution in [0.15, 0.2) is 0 Å². The first kappa shape index (κ1) is 10.5. The van der Waals surface area contributed by atoms with Gasteiger partial charge in [-0.3, -0.25) is 4.79 Å². The van der Waals surface area contributed by atoms with Gasteiger partial charge in [-0.05, 0) is 13.8 Å². The number of hydrogen-bond donors (Lipinski definition) is 2. The maximum atomic E-state index is 11.6. The Balaban J connectivity index is 2.37. The molecule has 0 aromatic carbocycles. The largest absolute Gasteiger partial charge is 0.340 e. The Morgan fingerprint density at radius 2 is 2.46 bits per heavy atom. The average molecular weight is 185 g/mol. The Bertz CT molecular complexity index is 182. The third-order valence-corrected chi connectivity index (χ3v) is 2.22. The van der Waals surface area contributed by atoms with Crippen LogP contribution in [-0.2, 0) is 4.79 Å². The van der Waals surface area contributed by atoms with Crippen LogP contribution >= 0.6 is 0 Å². The van der Waals surface area contributed by atoms with Gasteiger partial charge in [-0.2, -0.15) is 0 Å². The summed E-state index contributed by atoms with van der Waals surface area (Å²) in [6.07, 6.45) is 0.465. The summed E-state index contributed by atoms with van der Waals surface area (Å²) in [6, 6.07) is 0.378. The van der Waals surface area contributed by atoms with E-state index in [9.17, 15) is 4.79 Å². The SMILES string of the molecule is CC(N)CC(=O)N1CCN[C@H](C)C1. The van der Waals surface area contributed by atoms with E-state index in [2.05, 4.69) is 12.2 Å². The molecule has 0 aromatic heterocycles. The number of nitrogens with zero attached hydrogens (tertiary/aromatic N) is 1. The molecule has 13 heavy (non-hydrogen) atoms. The van der Waals surface area contributed by atoms with E-state index >= 15 is 0 Å². The van der Waals surface area contributed by atoms with Gasteiger partial charge < -0.3 is 16.0 Å². The second-order valence-corrected chi connectivity index (χ2v) is 3.88. The molecule has 1 fully saturated rings. The average Bonchev–Trinajstić information content (AvgIpc) is 2.03. The molecule has 0 bridgehead atoms. The number of hydrogen-bond acceptors (Lipinski definition) is 3. The molecule has 3 N–H and O–H groups in total. The minimum Gasteiger partial charge on any atom is -0.340 e. The molecule has 1 amide bonds. The fourth-order valence-electron chi connectivity index (χ4n) is 1.56. The van der Waals surface area contributed by atoms with E-state index < -0.39 is 0 Å². The van der Waals surface area contributed by atoms with E-state index in [0.29, 0.717) is 12.5 Å². The Hall–Kier alpha value is -0.610. The molecular formula is C9H19N3O. The molecule has 1 aliphatic rings. The molecule has 4 nitrogen and oxygen atoms in total. The van der Waals surface area contributed by atoms with Gasteiger partial charge in [-0.25, -0.2) is 0 Å². The molecule has 1 unspecified atom stereocenters. The molecule has 0 saturated carbocycles. The summed E-state index contributed by atoms with van der Waals surface area (Å²) >= 11 is 0. The molecule has 2 atom stereocenters. The van der Waals surface area contributed by atoms with Gasteiger partial charge in [0.15, 0.2) is 0 Å². The first-order chi connectivity index (χ1) is 6.09. The van der Waals surface area contributed by atoms with Crippen LogP contribution in [0.1, 0.15) is 20.3 Å². The van der Waals surface area contributed by atoms with Crippen LogP contribution in [0.3, 0.4) is 0 Å². The topological polar surface area (TPSA) is 58.4 Å². The van der Waals surface area contributed by atoms with Gasteiger partial charge in [0.05, 0.1) is 0 Å². The van der Waals surface area contributed by atoms with Crippen LogP contribution in [0.25, 0.3) is 0 Å². The lowest BCUT2D eigenvalue weighted by Crippen LogP contribution is -2.52. The van der Waals surface area contributed by atoms with E-state index in [1.165, 1.54) is 0 Å². The minimum absolute atomic E-state index is 0.0299. The summed E-state index contributed by atoms with van der Waals surface area (Å²) in [5.41, 5.74) is 5.57. The van der Waals surface area contributed by atoms with Gasteiger partial charge in [0, 0.05) is 38.1 Å². The molecule has 1 heterocycles.